The molecule has 0 atom stereocenters. The van der Waals surface area contributed by atoms with Gasteiger partial charge in [-0.1, -0.05) is 18.2 Å². The Kier molecular flexibility index (Phi) is 4.66. The summed E-state index contributed by atoms with van der Waals surface area (Å²) in [6.07, 6.45) is 1.15. The molecule has 2 aromatic carbocycles. The first-order valence-corrected chi connectivity index (χ1v) is 8.06. The van der Waals surface area contributed by atoms with Gasteiger partial charge in [-0.25, -0.2) is 13.8 Å². The lowest BCUT2D eigenvalue weighted by molar-refractivity contribution is -0.305. The van der Waals surface area contributed by atoms with Gasteiger partial charge in [0, 0.05) is 11.5 Å². The number of benzene rings is 2. The molecule has 1 aromatic heterocycles. The minimum absolute atomic E-state index is 0.0793. The molecule has 3 rings (SSSR count). The van der Waals surface area contributed by atoms with Gasteiger partial charge >= 0.3 is 0 Å². The van der Waals surface area contributed by atoms with Crippen molar-refractivity contribution < 1.29 is 18.7 Å². The second kappa shape index (κ2) is 6.88. The molecule has 0 spiro atoms. The number of carboxylic acid groups (broad SMARTS) is 1. The molecule has 0 saturated heterocycles. The van der Waals surface area contributed by atoms with E-state index in [0.29, 0.717) is 10.6 Å². The average Bonchev–Trinajstić information content (AvgIpc) is 2.97. The van der Waals surface area contributed by atoms with Gasteiger partial charge in [0.15, 0.2) is 0 Å². The van der Waals surface area contributed by atoms with Crippen LogP contribution in [0.25, 0.3) is 21.9 Å². The van der Waals surface area contributed by atoms with Crippen molar-refractivity contribution in [2.45, 2.75) is 12.8 Å². The number of hydrogen-bond acceptors (Lipinski definition) is 4. The topological polar surface area (TPSA) is 53.0 Å². The molecule has 24 heavy (non-hydrogen) atoms. The Morgan fingerprint density at radius 2 is 1.79 bits per heavy atom. The SMILES string of the molecule is O=C([O-])CC/C(=C\c1c(F)cccc1F)c1nc2ccccc2s1. The normalized spacial score (nSPS) is 11.8. The largest absolute Gasteiger partial charge is 0.550 e. The quantitative estimate of drug-likeness (QED) is 0.710. The molecule has 0 radical (unpaired) electrons. The Labute approximate surface area is 140 Å². The summed E-state index contributed by atoms with van der Waals surface area (Å²) < 4.78 is 28.7. The van der Waals surface area contributed by atoms with Crippen LogP contribution < -0.4 is 5.11 Å². The number of allylic oxidation sites excluding steroid dienone is 1. The number of carboxylic acids is 1. The molecule has 3 aromatic rings. The van der Waals surface area contributed by atoms with Crippen LogP contribution in [-0.2, 0) is 4.79 Å². The number of carbonyl (C=O) groups is 1. The maximum absolute atomic E-state index is 13.9. The van der Waals surface area contributed by atoms with Crippen molar-refractivity contribution in [3.05, 3.63) is 64.7 Å². The van der Waals surface area contributed by atoms with Crippen molar-refractivity contribution in [1.29, 1.82) is 0 Å². The van der Waals surface area contributed by atoms with E-state index in [4.69, 9.17) is 0 Å². The van der Waals surface area contributed by atoms with Crippen molar-refractivity contribution in [2.24, 2.45) is 0 Å². The summed E-state index contributed by atoms with van der Waals surface area (Å²) in [5.74, 6) is -2.64. The van der Waals surface area contributed by atoms with E-state index in [-0.39, 0.29) is 18.4 Å². The molecule has 0 saturated carbocycles. The smallest absolute Gasteiger partial charge is 0.133 e. The van der Waals surface area contributed by atoms with Gasteiger partial charge in [-0.3, -0.25) is 0 Å². The lowest BCUT2D eigenvalue weighted by Gasteiger charge is -2.07. The van der Waals surface area contributed by atoms with Gasteiger partial charge in [-0.05, 0) is 48.8 Å². The van der Waals surface area contributed by atoms with Gasteiger partial charge in [0.05, 0.1) is 10.2 Å². The highest BCUT2D eigenvalue weighted by Crippen LogP contribution is 2.31. The summed E-state index contributed by atoms with van der Waals surface area (Å²) in [4.78, 5) is 15.2. The zero-order valence-electron chi connectivity index (χ0n) is 12.5. The third-order valence-electron chi connectivity index (χ3n) is 3.49. The average molecular weight is 344 g/mol. The minimum Gasteiger partial charge on any atom is -0.550 e. The van der Waals surface area contributed by atoms with E-state index < -0.39 is 17.6 Å². The molecule has 0 aliphatic rings. The highest BCUT2D eigenvalue weighted by molar-refractivity contribution is 7.19. The molecule has 3 nitrogen and oxygen atoms in total. The van der Waals surface area contributed by atoms with Crippen molar-refractivity contribution in [2.75, 3.05) is 0 Å². The summed E-state index contributed by atoms with van der Waals surface area (Å²) >= 11 is 1.35. The van der Waals surface area contributed by atoms with Crippen LogP contribution in [0, 0.1) is 11.6 Å². The molecule has 122 valence electrons. The number of halogens is 2. The van der Waals surface area contributed by atoms with E-state index in [1.807, 2.05) is 24.3 Å². The van der Waals surface area contributed by atoms with Crippen LogP contribution in [0.4, 0.5) is 8.78 Å². The second-order valence-electron chi connectivity index (χ2n) is 5.16. The molecular formula is C18H12F2NO2S-. The fraction of sp³-hybridized carbons (Fsp3) is 0.111. The van der Waals surface area contributed by atoms with Gasteiger partial charge in [0.2, 0.25) is 0 Å². The van der Waals surface area contributed by atoms with Crippen LogP contribution in [0.2, 0.25) is 0 Å². The van der Waals surface area contributed by atoms with Gasteiger partial charge in [-0.2, -0.15) is 0 Å². The summed E-state index contributed by atoms with van der Waals surface area (Å²) in [5, 5.41) is 11.3. The van der Waals surface area contributed by atoms with Gasteiger partial charge in [-0.15, -0.1) is 11.3 Å². The Morgan fingerprint density at radius 1 is 1.08 bits per heavy atom. The number of thiazole rings is 1. The zero-order chi connectivity index (χ0) is 17.1. The van der Waals surface area contributed by atoms with Crippen molar-refractivity contribution >= 4 is 39.2 Å². The molecule has 0 aliphatic heterocycles. The molecule has 0 amide bonds. The molecule has 0 N–H and O–H groups in total. The minimum atomic E-state index is -1.23. The number of carbonyl (C=O) groups excluding carboxylic acids is 1. The molecular weight excluding hydrogens is 332 g/mol. The number of nitrogens with zero attached hydrogens (tertiary/aromatic N) is 1. The fourth-order valence-corrected chi connectivity index (χ4v) is 3.32. The predicted octanol–water partition coefficient (Wildman–Crippen LogP) is 3.65. The first kappa shape index (κ1) is 16.3. The van der Waals surface area contributed by atoms with Crippen LogP contribution in [0.5, 0.6) is 0 Å². The van der Waals surface area contributed by atoms with Crippen molar-refractivity contribution in [3.8, 4) is 0 Å². The van der Waals surface area contributed by atoms with Crippen LogP contribution in [-0.4, -0.2) is 11.0 Å². The lowest BCUT2D eigenvalue weighted by atomic mass is 10.1. The Bertz CT molecular complexity index is 880. The standard InChI is InChI=1S/C18H13F2NO2S/c19-13-4-3-5-14(20)12(13)10-11(8-9-17(22)23)18-21-15-6-1-2-7-16(15)24-18/h1-7,10H,8-9H2,(H,22,23)/p-1/b11-10+. The molecule has 0 bridgehead atoms. The summed E-state index contributed by atoms with van der Waals surface area (Å²) in [6, 6.07) is 11.0. The predicted molar refractivity (Wildman–Crippen MR) is 88.1 cm³/mol. The molecule has 0 fully saturated rings. The number of para-hydroxylation sites is 1. The van der Waals surface area contributed by atoms with Gasteiger partial charge in [0.1, 0.15) is 16.6 Å². The van der Waals surface area contributed by atoms with Crippen LogP contribution in [0.15, 0.2) is 42.5 Å². The highest BCUT2D eigenvalue weighted by atomic mass is 32.1. The molecule has 6 heteroatoms. The third-order valence-corrected chi connectivity index (χ3v) is 4.60. The number of aliphatic carboxylic acids is 1. The number of hydrogen-bond donors (Lipinski definition) is 0. The van der Waals surface area contributed by atoms with E-state index in [1.54, 1.807) is 0 Å². The monoisotopic (exact) mass is 344 g/mol. The second-order valence-corrected chi connectivity index (χ2v) is 6.19. The van der Waals surface area contributed by atoms with Gasteiger partial charge < -0.3 is 9.90 Å². The number of aromatic nitrogens is 1. The van der Waals surface area contributed by atoms with Crippen LogP contribution in [0.3, 0.4) is 0 Å². The van der Waals surface area contributed by atoms with E-state index in [1.165, 1.54) is 23.5 Å². The maximum Gasteiger partial charge on any atom is 0.133 e. The summed E-state index contributed by atoms with van der Waals surface area (Å²) in [7, 11) is 0. The van der Waals surface area contributed by atoms with Crippen molar-refractivity contribution in [1.82, 2.24) is 4.98 Å². The molecule has 0 unspecified atom stereocenters. The van der Waals surface area contributed by atoms with Crippen LogP contribution in [0.1, 0.15) is 23.4 Å². The highest BCUT2D eigenvalue weighted by Gasteiger charge is 2.12. The number of rotatable bonds is 5. The Morgan fingerprint density at radius 3 is 2.46 bits per heavy atom. The lowest BCUT2D eigenvalue weighted by Crippen LogP contribution is -2.21. The van der Waals surface area contributed by atoms with Crippen molar-refractivity contribution in [3.63, 3.8) is 0 Å². The van der Waals surface area contributed by atoms with Gasteiger partial charge in [0.25, 0.3) is 0 Å². The van der Waals surface area contributed by atoms with Crippen LogP contribution >= 0.6 is 11.3 Å². The van der Waals surface area contributed by atoms with E-state index in [2.05, 4.69) is 4.98 Å². The van der Waals surface area contributed by atoms with E-state index in [9.17, 15) is 18.7 Å². The first-order valence-electron chi connectivity index (χ1n) is 7.25. The zero-order valence-corrected chi connectivity index (χ0v) is 13.3. The third kappa shape index (κ3) is 3.49. The molecule has 1 heterocycles. The van der Waals surface area contributed by atoms with E-state index in [0.717, 1.165) is 22.3 Å². The van der Waals surface area contributed by atoms with E-state index >= 15 is 0 Å². The first-order chi connectivity index (χ1) is 11.5. The number of fused-ring (bicyclic) bond motifs is 1. The fourth-order valence-electron chi connectivity index (χ4n) is 2.31. The maximum atomic E-state index is 13.9. The Hall–Kier alpha value is -2.60. The summed E-state index contributed by atoms with van der Waals surface area (Å²) in [5.41, 5.74) is 1.01. The Balaban J connectivity index is 2.08. The molecule has 0 aliphatic carbocycles. The summed E-state index contributed by atoms with van der Waals surface area (Å²) in [6.45, 7) is 0.